The number of fused-ring (bicyclic) bond motifs is 3. The van der Waals surface area contributed by atoms with Gasteiger partial charge in [-0.2, -0.15) is 5.48 Å². The van der Waals surface area contributed by atoms with Crippen LogP contribution in [0, 0.1) is 5.82 Å². The van der Waals surface area contributed by atoms with Crippen LogP contribution in [0.4, 0.5) is 4.39 Å². The van der Waals surface area contributed by atoms with Crippen molar-refractivity contribution < 1.29 is 28.7 Å². The Labute approximate surface area is 183 Å². The molecular formula is C20H26ClFN4O5. The van der Waals surface area contributed by atoms with Crippen molar-refractivity contribution in [3.63, 3.8) is 0 Å². The second-order valence-corrected chi connectivity index (χ2v) is 8.97. The summed E-state index contributed by atoms with van der Waals surface area (Å²) in [4.78, 5) is 30.2. The van der Waals surface area contributed by atoms with Gasteiger partial charge in [-0.1, -0.05) is 11.6 Å². The van der Waals surface area contributed by atoms with Gasteiger partial charge in [0.1, 0.15) is 11.6 Å². The summed E-state index contributed by atoms with van der Waals surface area (Å²) >= 11 is 5.64. The Morgan fingerprint density at radius 1 is 1.32 bits per heavy atom. The number of hydroxylamine groups is 1. The summed E-state index contributed by atoms with van der Waals surface area (Å²) < 4.78 is 18.8. The van der Waals surface area contributed by atoms with Gasteiger partial charge in [-0.3, -0.25) is 19.7 Å². The number of carbonyl (C=O) groups excluding carboxylic acids is 2. The number of nitrogens with one attached hydrogen (secondary N) is 4. The van der Waals surface area contributed by atoms with Crippen molar-refractivity contribution in [2.75, 3.05) is 6.61 Å². The predicted octanol–water partition coefficient (Wildman–Crippen LogP) is 0.703. The molecule has 0 aromatic heterocycles. The largest absolute Gasteiger partial charge is 0.484 e. The van der Waals surface area contributed by atoms with Crippen LogP contribution in [0.3, 0.4) is 0 Å². The minimum absolute atomic E-state index is 0.0279. The van der Waals surface area contributed by atoms with Crippen molar-refractivity contribution in [1.29, 1.82) is 0 Å². The summed E-state index contributed by atoms with van der Waals surface area (Å²) in [6.45, 7) is 1.52. The maximum atomic E-state index is 13.5. The van der Waals surface area contributed by atoms with E-state index in [4.69, 9.17) is 21.2 Å². The van der Waals surface area contributed by atoms with Gasteiger partial charge in [0, 0.05) is 11.6 Å². The lowest BCUT2D eigenvalue weighted by molar-refractivity contribution is -0.143. The summed E-state index contributed by atoms with van der Waals surface area (Å²) in [5, 5.41) is 19.7. The highest BCUT2D eigenvalue weighted by molar-refractivity contribution is 6.30. The first-order valence-electron chi connectivity index (χ1n) is 10.3. The highest BCUT2D eigenvalue weighted by Gasteiger charge is 2.55. The average molecular weight is 457 g/mol. The smallest absolute Gasteiger partial charge is 0.266 e. The van der Waals surface area contributed by atoms with E-state index in [0.717, 1.165) is 6.07 Å². The third-order valence-corrected chi connectivity index (χ3v) is 6.67. The van der Waals surface area contributed by atoms with Crippen LogP contribution in [0.1, 0.15) is 39.0 Å². The molecule has 2 bridgehead atoms. The van der Waals surface area contributed by atoms with Gasteiger partial charge in [-0.15, -0.1) is 0 Å². The van der Waals surface area contributed by atoms with Crippen molar-refractivity contribution in [3.8, 4) is 5.75 Å². The Hall–Kier alpha value is -1.98. The Balaban J connectivity index is 1.31. The molecule has 3 unspecified atom stereocenters. The molecule has 0 radical (unpaired) electrons. The number of aliphatic hydroxyl groups excluding tert-OH is 1. The maximum absolute atomic E-state index is 13.5. The fraction of sp³-hybridized carbons (Fsp3) is 0.600. The van der Waals surface area contributed by atoms with Gasteiger partial charge < -0.3 is 20.5 Å². The molecule has 9 nitrogen and oxygen atoms in total. The van der Waals surface area contributed by atoms with E-state index < -0.39 is 35.1 Å². The molecule has 1 aromatic rings. The molecule has 5 rings (SSSR count). The van der Waals surface area contributed by atoms with E-state index in [0.29, 0.717) is 32.1 Å². The molecule has 3 aliphatic carbocycles. The highest BCUT2D eigenvalue weighted by Crippen LogP contribution is 2.47. The van der Waals surface area contributed by atoms with Gasteiger partial charge in [0.2, 0.25) is 6.23 Å². The second kappa shape index (κ2) is 8.51. The topological polar surface area (TPSA) is 121 Å². The van der Waals surface area contributed by atoms with Crippen LogP contribution in [0.2, 0.25) is 5.02 Å². The standard InChI is InChI=1S/C20H26ClFN4O5/c1-11-23-18(31-26-11)17(29)25-19-4-6-20(7-5-19,15(27)9-19)24-16(28)10-30-12-2-3-13(21)14(22)8-12/h2-3,8,11,15,18,23,26-27H,4-7,9-10H2,1H3,(H,24,28)(H,25,29). The zero-order chi connectivity index (χ0) is 22.2. The SMILES string of the molecule is CC1NOC(C(=O)NC23CCC(NC(=O)COc4ccc(Cl)c(F)c4)(CC2)C(O)C3)N1. The monoisotopic (exact) mass is 456 g/mol. The Morgan fingerprint density at radius 2 is 2.06 bits per heavy atom. The Morgan fingerprint density at radius 3 is 2.68 bits per heavy atom. The number of halogens is 2. The fourth-order valence-electron chi connectivity index (χ4n) is 4.61. The van der Waals surface area contributed by atoms with Gasteiger partial charge in [0.05, 0.1) is 22.8 Å². The van der Waals surface area contributed by atoms with Crippen molar-refractivity contribution in [3.05, 3.63) is 29.0 Å². The van der Waals surface area contributed by atoms with Gasteiger partial charge in [-0.25, -0.2) is 4.39 Å². The quantitative estimate of drug-likeness (QED) is 0.427. The highest BCUT2D eigenvalue weighted by atomic mass is 35.5. The molecule has 1 aromatic carbocycles. The molecule has 31 heavy (non-hydrogen) atoms. The summed E-state index contributed by atoms with van der Waals surface area (Å²) in [7, 11) is 0. The third-order valence-electron chi connectivity index (χ3n) is 6.36. The Kier molecular flexibility index (Phi) is 6.10. The number of aliphatic hydroxyl groups is 1. The van der Waals surface area contributed by atoms with Crippen LogP contribution in [-0.2, 0) is 14.4 Å². The lowest BCUT2D eigenvalue weighted by atomic mass is 9.60. The summed E-state index contributed by atoms with van der Waals surface area (Å²) in [6.07, 6.45) is 0.867. The first-order valence-corrected chi connectivity index (χ1v) is 10.6. The van der Waals surface area contributed by atoms with Gasteiger partial charge in [0.25, 0.3) is 11.8 Å². The van der Waals surface area contributed by atoms with Crippen LogP contribution in [0.15, 0.2) is 18.2 Å². The predicted molar refractivity (Wildman–Crippen MR) is 108 cm³/mol. The van der Waals surface area contributed by atoms with Crippen LogP contribution in [0.25, 0.3) is 0 Å². The lowest BCUT2D eigenvalue weighted by Gasteiger charge is -2.56. The normalized spacial score (nSPS) is 34.4. The number of carbonyl (C=O) groups is 2. The summed E-state index contributed by atoms with van der Waals surface area (Å²) in [5.74, 6) is -1.13. The summed E-state index contributed by atoms with van der Waals surface area (Å²) in [6, 6.07) is 3.94. The molecule has 5 N–H and O–H groups in total. The van der Waals surface area contributed by atoms with Crippen molar-refractivity contribution in [2.45, 2.75) is 68.6 Å². The molecule has 11 heteroatoms. The van der Waals surface area contributed by atoms with Crippen LogP contribution < -0.4 is 26.2 Å². The van der Waals surface area contributed by atoms with Gasteiger partial charge in [0.15, 0.2) is 6.61 Å². The molecule has 2 amide bonds. The average Bonchev–Trinajstić information content (AvgIpc) is 3.17. The van der Waals surface area contributed by atoms with Gasteiger partial charge >= 0.3 is 0 Å². The van der Waals surface area contributed by atoms with E-state index in [-0.39, 0.29) is 29.5 Å². The first-order chi connectivity index (χ1) is 14.7. The Bertz CT molecular complexity index is 864. The zero-order valence-electron chi connectivity index (χ0n) is 17.0. The summed E-state index contributed by atoms with van der Waals surface area (Å²) in [5.41, 5.74) is 1.39. The van der Waals surface area contributed by atoms with E-state index in [1.807, 2.05) is 6.92 Å². The third kappa shape index (κ3) is 4.63. The van der Waals surface area contributed by atoms with Gasteiger partial charge in [-0.05, 0) is 51.2 Å². The number of rotatable bonds is 6. The zero-order valence-corrected chi connectivity index (χ0v) is 17.8. The number of hydrogen-bond acceptors (Lipinski definition) is 7. The minimum Gasteiger partial charge on any atom is -0.484 e. The number of benzene rings is 1. The molecule has 1 saturated heterocycles. The van der Waals surface area contributed by atoms with Crippen LogP contribution in [0.5, 0.6) is 5.75 Å². The molecule has 3 atom stereocenters. The van der Waals surface area contributed by atoms with E-state index in [9.17, 15) is 19.1 Å². The number of ether oxygens (including phenoxy) is 1. The molecule has 1 heterocycles. The number of amides is 2. The fourth-order valence-corrected chi connectivity index (χ4v) is 4.73. The number of hydrogen-bond donors (Lipinski definition) is 5. The second-order valence-electron chi connectivity index (χ2n) is 8.56. The molecule has 0 spiro atoms. The van der Waals surface area contributed by atoms with E-state index in [1.165, 1.54) is 12.1 Å². The molecule has 3 saturated carbocycles. The maximum Gasteiger partial charge on any atom is 0.266 e. The van der Waals surface area contributed by atoms with E-state index in [1.54, 1.807) is 0 Å². The van der Waals surface area contributed by atoms with Crippen LogP contribution >= 0.6 is 11.6 Å². The van der Waals surface area contributed by atoms with E-state index in [2.05, 4.69) is 21.4 Å². The minimum atomic E-state index is -0.818. The van der Waals surface area contributed by atoms with E-state index >= 15 is 0 Å². The first kappa shape index (κ1) is 22.2. The molecular weight excluding hydrogens is 431 g/mol. The molecule has 4 fully saturated rings. The van der Waals surface area contributed by atoms with Crippen molar-refractivity contribution in [1.82, 2.24) is 21.4 Å². The lowest BCUT2D eigenvalue weighted by Crippen LogP contribution is -2.71. The molecule has 1 aliphatic heterocycles. The van der Waals surface area contributed by atoms with Crippen molar-refractivity contribution in [2.24, 2.45) is 0 Å². The molecule has 4 aliphatic rings. The van der Waals surface area contributed by atoms with Crippen molar-refractivity contribution >= 4 is 23.4 Å². The van der Waals surface area contributed by atoms with Crippen LogP contribution in [-0.4, -0.2) is 53.1 Å². The molecule has 170 valence electrons.